The summed E-state index contributed by atoms with van der Waals surface area (Å²) in [6, 6.07) is 4.30. The molecule has 1 amide bonds. The average molecular weight is 287 g/mol. The molecule has 0 bridgehead atoms. The number of aromatic nitrogens is 2. The molecule has 5 heteroatoms. The van der Waals surface area contributed by atoms with Gasteiger partial charge in [-0.1, -0.05) is 6.07 Å². The molecule has 2 aromatic rings. The van der Waals surface area contributed by atoms with Crippen molar-refractivity contribution in [1.82, 2.24) is 14.9 Å². The van der Waals surface area contributed by atoms with Crippen molar-refractivity contribution >= 4 is 17.2 Å². The predicted octanol–water partition coefficient (Wildman–Crippen LogP) is 2.96. The molecule has 0 unspecified atom stereocenters. The summed E-state index contributed by atoms with van der Waals surface area (Å²) < 4.78 is 0. The van der Waals surface area contributed by atoms with Crippen LogP contribution in [-0.2, 0) is 6.54 Å². The van der Waals surface area contributed by atoms with E-state index in [-0.39, 0.29) is 5.91 Å². The first-order valence-corrected chi connectivity index (χ1v) is 7.60. The van der Waals surface area contributed by atoms with Crippen molar-refractivity contribution in [2.75, 3.05) is 0 Å². The van der Waals surface area contributed by atoms with Gasteiger partial charge in [0.25, 0.3) is 5.91 Å². The number of amides is 1. The van der Waals surface area contributed by atoms with Crippen LogP contribution in [0.4, 0.5) is 0 Å². The third-order valence-electron chi connectivity index (χ3n) is 3.42. The number of nitrogens with zero attached hydrogens (tertiary/aromatic N) is 3. The number of pyridine rings is 1. The second-order valence-corrected chi connectivity index (χ2v) is 6.38. The summed E-state index contributed by atoms with van der Waals surface area (Å²) in [6.45, 7) is 4.48. The van der Waals surface area contributed by atoms with Gasteiger partial charge in [0.2, 0.25) is 0 Å². The van der Waals surface area contributed by atoms with Crippen molar-refractivity contribution in [1.29, 1.82) is 0 Å². The molecule has 3 rings (SSSR count). The summed E-state index contributed by atoms with van der Waals surface area (Å²) in [6.07, 6.45) is 5.78. The largest absolute Gasteiger partial charge is 0.331 e. The lowest BCUT2D eigenvalue weighted by atomic mass is 10.2. The molecule has 4 nitrogen and oxygen atoms in total. The number of hydrogen-bond acceptors (Lipinski definition) is 4. The van der Waals surface area contributed by atoms with Crippen molar-refractivity contribution in [3.05, 3.63) is 45.7 Å². The number of hydrogen-bond donors (Lipinski definition) is 0. The smallest absolute Gasteiger partial charge is 0.266 e. The Labute approximate surface area is 122 Å². The highest BCUT2D eigenvalue weighted by Crippen LogP contribution is 2.31. The molecular weight excluding hydrogens is 270 g/mol. The number of rotatable bonds is 4. The Hall–Kier alpha value is -1.75. The molecule has 0 spiro atoms. The van der Waals surface area contributed by atoms with Gasteiger partial charge in [0.05, 0.1) is 10.7 Å². The van der Waals surface area contributed by atoms with Crippen molar-refractivity contribution in [3.8, 4) is 0 Å². The van der Waals surface area contributed by atoms with Gasteiger partial charge in [-0.15, -0.1) is 11.3 Å². The van der Waals surface area contributed by atoms with Crippen molar-refractivity contribution < 1.29 is 4.79 Å². The minimum Gasteiger partial charge on any atom is -0.331 e. The molecule has 0 aromatic carbocycles. The quantitative estimate of drug-likeness (QED) is 0.868. The maximum absolute atomic E-state index is 12.7. The molecule has 0 N–H and O–H groups in total. The number of carbonyl (C=O) groups excluding carboxylic acids is 1. The summed E-state index contributed by atoms with van der Waals surface area (Å²) in [5.74, 6) is 0.111. The topological polar surface area (TPSA) is 46.1 Å². The minimum atomic E-state index is 0.111. The first-order valence-electron chi connectivity index (χ1n) is 6.79. The summed E-state index contributed by atoms with van der Waals surface area (Å²) in [5, 5.41) is 0.947. The van der Waals surface area contributed by atoms with Crippen molar-refractivity contribution in [2.24, 2.45) is 0 Å². The van der Waals surface area contributed by atoms with Crippen LogP contribution in [0.5, 0.6) is 0 Å². The standard InChI is InChI=1S/C15H17N3OS/c1-10-14(20-11(2)17-10)15(19)18(13-5-6-13)9-12-4-3-7-16-8-12/h3-4,7-8,13H,5-6,9H2,1-2H3. The van der Waals surface area contributed by atoms with Crippen molar-refractivity contribution in [2.45, 2.75) is 39.3 Å². The lowest BCUT2D eigenvalue weighted by Gasteiger charge is -2.22. The fourth-order valence-electron chi connectivity index (χ4n) is 2.30. The molecule has 1 aliphatic rings. The Kier molecular flexibility index (Phi) is 3.53. The number of carbonyl (C=O) groups is 1. The molecule has 1 saturated carbocycles. The van der Waals surface area contributed by atoms with E-state index < -0.39 is 0 Å². The molecule has 20 heavy (non-hydrogen) atoms. The van der Waals surface area contributed by atoms with Gasteiger partial charge >= 0.3 is 0 Å². The zero-order valence-corrected chi connectivity index (χ0v) is 12.5. The van der Waals surface area contributed by atoms with Gasteiger partial charge in [0, 0.05) is 25.0 Å². The first-order chi connectivity index (χ1) is 9.65. The zero-order chi connectivity index (χ0) is 14.1. The maximum Gasteiger partial charge on any atom is 0.266 e. The maximum atomic E-state index is 12.7. The molecule has 1 fully saturated rings. The molecular formula is C15H17N3OS. The van der Waals surface area contributed by atoms with Crippen LogP contribution in [0.1, 0.15) is 38.8 Å². The van der Waals surface area contributed by atoms with E-state index in [0.29, 0.717) is 12.6 Å². The molecule has 1 aliphatic carbocycles. The van der Waals surface area contributed by atoms with Gasteiger partial charge in [0.1, 0.15) is 4.88 Å². The van der Waals surface area contributed by atoms with E-state index in [4.69, 9.17) is 0 Å². The number of thiazole rings is 1. The van der Waals surface area contributed by atoms with Crippen LogP contribution >= 0.6 is 11.3 Å². The van der Waals surface area contributed by atoms with Gasteiger partial charge < -0.3 is 4.90 Å². The Morgan fingerprint density at radius 2 is 2.25 bits per heavy atom. The van der Waals surface area contributed by atoms with Crippen LogP contribution in [0.2, 0.25) is 0 Å². The van der Waals surface area contributed by atoms with Crippen LogP contribution < -0.4 is 0 Å². The SMILES string of the molecule is Cc1nc(C)c(C(=O)N(Cc2cccnc2)C2CC2)s1. The van der Waals surface area contributed by atoms with E-state index in [0.717, 1.165) is 34.0 Å². The highest BCUT2D eigenvalue weighted by molar-refractivity contribution is 7.13. The monoisotopic (exact) mass is 287 g/mol. The Morgan fingerprint density at radius 3 is 2.80 bits per heavy atom. The second-order valence-electron chi connectivity index (χ2n) is 5.17. The summed E-state index contributed by atoms with van der Waals surface area (Å²) in [5.41, 5.74) is 1.92. The molecule has 2 aromatic heterocycles. The lowest BCUT2D eigenvalue weighted by molar-refractivity contribution is 0.0734. The fraction of sp³-hybridized carbons (Fsp3) is 0.400. The van der Waals surface area contributed by atoms with E-state index in [1.165, 1.54) is 11.3 Å². The van der Waals surface area contributed by atoms with Crippen LogP contribution in [0.3, 0.4) is 0 Å². The van der Waals surface area contributed by atoms with Crippen LogP contribution in [0.25, 0.3) is 0 Å². The predicted molar refractivity (Wildman–Crippen MR) is 78.7 cm³/mol. The highest BCUT2D eigenvalue weighted by Gasteiger charge is 2.34. The highest BCUT2D eigenvalue weighted by atomic mass is 32.1. The fourth-order valence-corrected chi connectivity index (χ4v) is 3.18. The third kappa shape index (κ3) is 2.72. The van der Waals surface area contributed by atoms with Crippen LogP contribution in [0.15, 0.2) is 24.5 Å². The first kappa shape index (κ1) is 13.2. The third-order valence-corrected chi connectivity index (χ3v) is 4.48. The second kappa shape index (κ2) is 5.32. The van der Waals surface area contributed by atoms with E-state index in [1.807, 2.05) is 37.1 Å². The van der Waals surface area contributed by atoms with E-state index in [2.05, 4.69) is 9.97 Å². The van der Waals surface area contributed by atoms with Crippen molar-refractivity contribution in [3.63, 3.8) is 0 Å². The summed E-state index contributed by atoms with van der Waals surface area (Å²) >= 11 is 1.49. The normalized spacial score (nSPS) is 14.3. The Balaban J connectivity index is 1.84. The number of aryl methyl sites for hydroxylation is 2. The summed E-state index contributed by atoms with van der Waals surface area (Å²) in [7, 11) is 0. The van der Waals surface area contributed by atoms with E-state index in [1.54, 1.807) is 6.20 Å². The molecule has 104 valence electrons. The van der Waals surface area contributed by atoms with Crippen LogP contribution in [-0.4, -0.2) is 26.8 Å². The summed E-state index contributed by atoms with van der Waals surface area (Å²) in [4.78, 5) is 24.0. The molecule has 2 heterocycles. The van der Waals surface area contributed by atoms with Gasteiger partial charge in [0.15, 0.2) is 0 Å². The van der Waals surface area contributed by atoms with Gasteiger partial charge in [-0.3, -0.25) is 9.78 Å². The van der Waals surface area contributed by atoms with Gasteiger partial charge in [-0.25, -0.2) is 4.98 Å². The van der Waals surface area contributed by atoms with Crippen LogP contribution in [0, 0.1) is 13.8 Å². The molecule has 0 saturated heterocycles. The zero-order valence-electron chi connectivity index (χ0n) is 11.7. The Morgan fingerprint density at radius 1 is 1.45 bits per heavy atom. The van der Waals surface area contributed by atoms with Gasteiger partial charge in [-0.2, -0.15) is 0 Å². The lowest BCUT2D eigenvalue weighted by Crippen LogP contribution is -2.32. The molecule has 0 atom stereocenters. The van der Waals surface area contributed by atoms with E-state index >= 15 is 0 Å². The average Bonchev–Trinajstić information content (AvgIpc) is 3.22. The van der Waals surface area contributed by atoms with E-state index in [9.17, 15) is 4.79 Å². The van der Waals surface area contributed by atoms with Gasteiger partial charge in [-0.05, 0) is 38.3 Å². The molecule has 0 aliphatic heterocycles. The minimum absolute atomic E-state index is 0.111. The molecule has 0 radical (unpaired) electrons. The Bertz CT molecular complexity index is 619.